The van der Waals surface area contributed by atoms with E-state index in [0.29, 0.717) is 5.89 Å². The Kier molecular flexibility index (Phi) is 2.93. The largest absolute Gasteiger partial charge is 0.433 e. The van der Waals surface area contributed by atoms with E-state index in [4.69, 9.17) is 10.2 Å². The maximum atomic E-state index is 5.79. The van der Waals surface area contributed by atoms with Gasteiger partial charge in [0.25, 0.3) is 0 Å². The molecule has 3 rings (SSSR count). The Labute approximate surface area is 116 Å². The number of nitrogens with two attached hydrogens (primary N) is 1. The zero-order valence-electron chi connectivity index (χ0n) is 9.55. The van der Waals surface area contributed by atoms with Crippen LogP contribution in [0.25, 0.3) is 22.7 Å². The maximum Gasteiger partial charge on any atom is 0.247 e. The molecule has 0 aliphatic heterocycles. The summed E-state index contributed by atoms with van der Waals surface area (Å²) in [6.07, 6.45) is 0. The molecule has 3 aromatic rings. The molecule has 2 N–H and O–H groups in total. The fraction of sp³-hybridized carbons (Fsp3) is 0.167. The van der Waals surface area contributed by atoms with Crippen LogP contribution in [-0.4, -0.2) is 9.97 Å². The molecule has 0 saturated heterocycles. The predicted octanol–water partition coefficient (Wildman–Crippen LogP) is 3.73. The first-order valence-electron chi connectivity index (χ1n) is 5.41. The second kappa shape index (κ2) is 4.46. The number of hydrogen-bond donors (Lipinski definition) is 1. The molecular weight excluding hydrogens is 314 g/mol. The number of benzene rings is 1. The second-order valence-corrected chi connectivity index (χ2v) is 5.71. The normalized spacial score (nSPS) is 13.1. The van der Waals surface area contributed by atoms with Gasteiger partial charge in [-0.15, -0.1) is 11.3 Å². The van der Waals surface area contributed by atoms with Crippen LogP contribution in [-0.2, 0) is 0 Å². The van der Waals surface area contributed by atoms with Crippen molar-refractivity contribution in [1.29, 1.82) is 0 Å². The first kappa shape index (κ1) is 11.8. The molecule has 4 nitrogen and oxygen atoms in total. The van der Waals surface area contributed by atoms with Crippen LogP contribution in [0.2, 0.25) is 0 Å². The maximum absolute atomic E-state index is 5.79. The van der Waals surface area contributed by atoms with Gasteiger partial charge in [0, 0.05) is 5.38 Å². The van der Waals surface area contributed by atoms with E-state index in [-0.39, 0.29) is 6.04 Å². The summed E-state index contributed by atoms with van der Waals surface area (Å²) in [6, 6.07) is 5.69. The molecule has 18 heavy (non-hydrogen) atoms. The zero-order chi connectivity index (χ0) is 12.7. The number of oxazole rings is 1. The third-order valence-corrected chi connectivity index (χ3v) is 4.17. The molecule has 1 unspecified atom stereocenters. The summed E-state index contributed by atoms with van der Waals surface area (Å²) >= 11 is 4.96. The standard InChI is InChI=1S/C12H10BrN3OS/c1-6(14)12-16-9(5-18-12)11-15-8-4-2-3-7(13)10(8)17-11/h2-6H,14H2,1H3. The van der Waals surface area contributed by atoms with E-state index in [0.717, 1.165) is 26.3 Å². The Morgan fingerprint density at radius 1 is 1.39 bits per heavy atom. The minimum Gasteiger partial charge on any atom is -0.433 e. The lowest BCUT2D eigenvalue weighted by atomic mass is 10.3. The summed E-state index contributed by atoms with van der Waals surface area (Å²) in [5, 5.41) is 2.79. The van der Waals surface area contributed by atoms with Gasteiger partial charge >= 0.3 is 0 Å². The molecule has 1 atom stereocenters. The van der Waals surface area contributed by atoms with Gasteiger partial charge in [-0.1, -0.05) is 6.07 Å². The van der Waals surface area contributed by atoms with Crippen LogP contribution in [0.1, 0.15) is 18.0 Å². The van der Waals surface area contributed by atoms with Crippen LogP contribution in [0.15, 0.2) is 32.5 Å². The molecule has 0 radical (unpaired) electrons. The predicted molar refractivity (Wildman–Crippen MR) is 75.4 cm³/mol. The lowest BCUT2D eigenvalue weighted by Crippen LogP contribution is -2.03. The van der Waals surface area contributed by atoms with Crippen LogP contribution in [0, 0.1) is 0 Å². The fourth-order valence-corrected chi connectivity index (χ4v) is 2.81. The summed E-state index contributed by atoms with van der Waals surface area (Å²) < 4.78 is 6.61. The first-order chi connectivity index (χ1) is 8.65. The first-order valence-corrected chi connectivity index (χ1v) is 7.09. The molecule has 0 spiro atoms. The van der Waals surface area contributed by atoms with Gasteiger partial charge in [-0.3, -0.25) is 0 Å². The minimum atomic E-state index is -0.0696. The smallest absolute Gasteiger partial charge is 0.247 e. The Balaban J connectivity index is 2.10. The molecule has 0 aliphatic carbocycles. The van der Waals surface area contributed by atoms with Crippen LogP contribution in [0.3, 0.4) is 0 Å². The van der Waals surface area contributed by atoms with Crippen molar-refractivity contribution >= 4 is 38.4 Å². The highest BCUT2D eigenvalue weighted by Crippen LogP contribution is 2.30. The van der Waals surface area contributed by atoms with Gasteiger partial charge in [-0.05, 0) is 35.0 Å². The van der Waals surface area contributed by atoms with E-state index in [1.165, 1.54) is 11.3 Å². The lowest BCUT2D eigenvalue weighted by Gasteiger charge is -1.95. The molecule has 2 heterocycles. The van der Waals surface area contributed by atoms with Crippen LogP contribution < -0.4 is 5.73 Å². The number of fused-ring (bicyclic) bond motifs is 1. The number of rotatable bonds is 2. The zero-order valence-corrected chi connectivity index (χ0v) is 12.0. The van der Waals surface area contributed by atoms with E-state index >= 15 is 0 Å². The number of halogens is 1. The summed E-state index contributed by atoms with van der Waals surface area (Å²) in [5.74, 6) is 0.528. The van der Waals surface area contributed by atoms with Crippen LogP contribution in [0.5, 0.6) is 0 Å². The quantitative estimate of drug-likeness (QED) is 0.780. The summed E-state index contributed by atoms with van der Waals surface area (Å²) in [7, 11) is 0. The van der Waals surface area contributed by atoms with Gasteiger partial charge in [-0.2, -0.15) is 0 Å². The van der Waals surface area contributed by atoms with Gasteiger partial charge < -0.3 is 10.2 Å². The molecule has 92 valence electrons. The fourth-order valence-electron chi connectivity index (χ4n) is 1.62. The van der Waals surface area contributed by atoms with Gasteiger partial charge in [-0.25, -0.2) is 9.97 Å². The van der Waals surface area contributed by atoms with E-state index in [1.807, 2.05) is 30.5 Å². The average molecular weight is 324 g/mol. The number of nitrogens with zero attached hydrogens (tertiary/aromatic N) is 2. The van der Waals surface area contributed by atoms with Crippen molar-refractivity contribution in [2.24, 2.45) is 5.73 Å². The summed E-state index contributed by atoms with van der Waals surface area (Å²) in [6.45, 7) is 1.91. The Bertz CT molecular complexity index is 704. The van der Waals surface area contributed by atoms with Gasteiger partial charge in [0.2, 0.25) is 5.89 Å². The van der Waals surface area contributed by atoms with Crippen molar-refractivity contribution in [1.82, 2.24) is 9.97 Å². The van der Waals surface area contributed by atoms with E-state index in [2.05, 4.69) is 25.9 Å². The highest BCUT2D eigenvalue weighted by molar-refractivity contribution is 9.10. The average Bonchev–Trinajstić information content (AvgIpc) is 2.95. The minimum absolute atomic E-state index is 0.0696. The van der Waals surface area contributed by atoms with E-state index in [1.54, 1.807) is 0 Å². The SMILES string of the molecule is CC(N)c1nc(-c2nc3cccc(Br)c3o2)cs1. The molecule has 0 aliphatic rings. The topological polar surface area (TPSA) is 64.9 Å². The Morgan fingerprint density at radius 2 is 2.22 bits per heavy atom. The molecule has 1 aromatic carbocycles. The summed E-state index contributed by atoms with van der Waals surface area (Å²) in [5.41, 5.74) is 8.08. The highest BCUT2D eigenvalue weighted by Gasteiger charge is 2.14. The molecule has 0 fully saturated rings. The van der Waals surface area contributed by atoms with Gasteiger partial charge in [0.05, 0.1) is 10.5 Å². The lowest BCUT2D eigenvalue weighted by molar-refractivity contribution is 0.615. The molecule has 6 heteroatoms. The third kappa shape index (κ3) is 1.96. The van der Waals surface area contributed by atoms with Crippen LogP contribution in [0.4, 0.5) is 0 Å². The number of hydrogen-bond acceptors (Lipinski definition) is 5. The Morgan fingerprint density at radius 3 is 2.89 bits per heavy atom. The molecule has 0 amide bonds. The van der Waals surface area contributed by atoms with Crippen molar-refractivity contribution < 1.29 is 4.42 Å². The van der Waals surface area contributed by atoms with Gasteiger partial charge in [0.15, 0.2) is 5.58 Å². The van der Waals surface area contributed by atoms with Crippen molar-refractivity contribution in [2.45, 2.75) is 13.0 Å². The van der Waals surface area contributed by atoms with Crippen molar-refractivity contribution in [2.75, 3.05) is 0 Å². The van der Waals surface area contributed by atoms with Crippen molar-refractivity contribution in [3.63, 3.8) is 0 Å². The third-order valence-electron chi connectivity index (χ3n) is 2.50. The van der Waals surface area contributed by atoms with Crippen molar-refractivity contribution in [3.8, 4) is 11.6 Å². The molecule has 2 aromatic heterocycles. The monoisotopic (exact) mass is 323 g/mol. The second-order valence-electron chi connectivity index (χ2n) is 3.97. The molecular formula is C12H10BrN3OS. The Hall–Kier alpha value is -1.24. The van der Waals surface area contributed by atoms with Crippen LogP contribution >= 0.6 is 27.3 Å². The molecule has 0 saturated carbocycles. The molecule has 0 bridgehead atoms. The van der Waals surface area contributed by atoms with Crippen molar-refractivity contribution in [3.05, 3.63) is 33.1 Å². The number of aromatic nitrogens is 2. The number of para-hydroxylation sites is 1. The van der Waals surface area contributed by atoms with E-state index < -0.39 is 0 Å². The number of thiazole rings is 1. The summed E-state index contributed by atoms with van der Waals surface area (Å²) in [4.78, 5) is 8.85. The van der Waals surface area contributed by atoms with E-state index in [9.17, 15) is 0 Å². The highest BCUT2D eigenvalue weighted by atomic mass is 79.9. The van der Waals surface area contributed by atoms with Gasteiger partial charge in [0.1, 0.15) is 16.2 Å².